The lowest BCUT2D eigenvalue weighted by atomic mass is 10.0. The minimum Gasteiger partial charge on any atom is -0.384 e. The molecule has 0 aliphatic heterocycles. The number of nitrogens with two attached hydrogens (primary N) is 1. The maximum absolute atomic E-state index is 13.3. The van der Waals surface area contributed by atoms with Crippen LogP contribution in [0, 0.1) is 0 Å². The molecule has 4 rings (SSSR count). The molecule has 0 saturated carbocycles. The molecule has 2 heterocycles. The zero-order valence-electron chi connectivity index (χ0n) is 14.9. The van der Waals surface area contributed by atoms with Crippen LogP contribution in [0.4, 0.5) is 5.82 Å². The third-order valence-corrected chi connectivity index (χ3v) is 5.66. The highest BCUT2D eigenvalue weighted by Crippen LogP contribution is 2.25. The summed E-state index contributed by atoms with van der Waals surface area (Å²) in [4.78, 5) is 30.7. The van der Waals surface area contributed by atoms with Crippen molar-refractivity contribution in [1.29, 1.82) is 0 Å². The summed E-state index contributed by atoms with van der Waals surface area (Å²) in [5.74, 6) is 0.266. The highest BCUT2D eigenvalue weighted by molar-refractivity contribution is 6.42. The van der Waals surface area contributed by atoms with Gasteiger partial charge in [-0.2, -0.15) is 0 Å². The maximum atomic E-state index is 13.3. The van der Waals surface area contributed by atoms with Crippen molar-refractivity contribution >= 4 is 40.1 Å². The molecule has 1 unspecified atom stereocenters. The van der Waals surface area contributed by atoms with E-state index < -0.39 is 11.2 Å². The van der Waals surface area contributed by atoms with E-state index in [0.717, 1.165) is 19.3 Å². The molecule has 0 radical (unpaired) electrons. The van der Waals surface area contributed by atoms with Crippen molar-refractivity contribution in [2.45, 2.75) is 31.8 Å². The Labute approximate surface area is 170 Å². The van der Waals surface area contributed by atoms with Gasteiger partial charge in [-0.1, -0.05) is 41.4 Å². The summed E-state index contributed by atoms with van der Waals surface area (Å²) in [5, 5.41) is 1.14. The van der Waals surface area contributed by atoms with Gasteiger partial charge in [0.1, 0.15) is 5.82 Å². The monoisotopic (exact) mass is 416 g/mol. The first-order chi connectivity index (χ1) is 13.5. The van der Waals surface area contributed by atoms with Gasteiger partial charge in [0.2, 0.25) is 0 Å². The lowest BCUT2D eigenvalue weighted by molar-refractivity contribution is 0.487. The summed E-state index contributed by atoms with van der Waals surface area (Å²) in [7, 11) is 0. The highest BCUT2D eigenvalue weighted by atomic mass is 35.5. The average molecular weight is 417 g/mol. The van der Waals surface area contributed by atoms with Crippen LogP contribution in [0.15, 0.2) is 52.1 Å². The molecule has 0 spiro atoms. The van der Waals surface area contributed by atoms with Crippen molar-refractivity contribution in [2.24, 2.45) is 0 Å². The maximum Gasteiger partial charge on any atom is 0.333 e. The fourth-order valence-corrected chi connectivity index (χ4v) is 3.86. The number of hydrogen-bond donors (Lipinski definition) is 1. The summed E-state index contributed by atoms with van der Waals surface area (Å²) < 4.78 is 2.78. The minimum absolute atomic E-state index is 0.0886. The van der Waals surface area contributed by atoms with Crippen LogP contribution in [0.3, 0.4) is 0 Å². The van der Waals surface area contributed by atoms with E-state index in [1.165, 1.54) is 4.57 Å². The largest absolute Gasteiger partial charge is 0.384 e. The second-order valence-electron chi connectivity index (χ2n) is 6.83. The van der Waals surface area contributed by atoms with E-state index in [-0.39, 0.29) is 18.4 Å². The van der Waals surface area contributed by atoms with Gasteiger partial charge in [-0.3, -0.25) is 13.9 Å². The zero-order valence-corrected chi connectivity index (χ0v) is 16.5. The second-order valence-corrected chi connectivity index (χ2v) is 7.64. The normalized spacial score (nSPS) is 16.6. The number of halogens is 2. The van der Waals surface area contributed by atoms with E-state index in [1.54, 1.807) is 34.9 Å². The van der Waals surface area contributed by atoms with E-state index >= 15 is 0 Å². The van der Waals surface area contributed by atoms with E-state index in [9.17, 15) is 9.59 Å². The Kier molecular flexibility index (Phi) is 5.00. The Morgan fingerprint density at radius 1 is 1.14 bits per heavy atom. The topological polar surface area (TPSA) is 82.9 Å². The van der Waals surface area contributed by atoms with Crippen LogP contribution in [0.5, 0.6) is 0 Å². The SMILES string of the molecule is Nc1ccc2c(=O)n(Cc3ccc(Cl)c(Cl)c3)c(=O)n(C3C=CCCC3)c2n1. The smallest absolute Gasteiger partial charge is 0.333 e. The number of rotatable bonds is 3. The standard InChI is InChI=1S/C20H18Cl2N4O2/c21-15-8-6-12(10-16(15)22)11-25-19(27)14-7-9-17(23)24-18(14)26(20(25)28)13-4-2-1-3-5-13/h2,4,6-10,13H,1,3,5,11H2,(H2,23,24). The third-order valence-electron chi connectivity index (χ3n) is 4.92. The summed E-state index contributed by atoms with van der Waals surface area (Å²) in [6.45, 7) is 0.0886. The number of hydrogen-bond acceptors (Lipinski definition) is 4. The van der Waals surface area contributed by atoms with Crippen LogP contribution in [0.2, 0.25) is 10.0 Å². The molecular formula is C20H18Cl2N4O2. The van der Waals surface area contributed by atoms with E-state index in [4.69, 9.17) is 28.9 Å². The lowest BCUT2D eigenvalue weighted by Crippen LogP contribution is -2.42. The van der Waals surface area contributed by atoms with Gasteiger partial charge < -0.3 is 5.73 Å². The van der Waals surface area contributed by atoms with Crippen molar-refractivity contribution in [3.8, 4) is 0 Å². The predicted molar refractivity (Wildman–Crippen MR) is 112 cm³/mol. The number of pyridine rings is 1. The Bertz CT molecular complexity index is 1210. The van der Waals surface area contributed by atoms with Crippen molar-refractivity contribution in [3.05, 3.63) is 78.9 Å². The Hall–Kier alpha value is -2.57. The molecule has 8 heteroatoms. The molecule has 0 amide bonds. The van der Waals surface area contributed by atoms with Crippen LogP contribution in [0.1, 0.15) is 30.9 Å². The highest BCUT2D eigenvalue weighted by Gasteiger charge is 2.21. The van der Waals surface area contributed by atoms with Crippen LogP contribution in [-0.2, 0) is 6.54 Å². The molecule has 6 nitrogen and oxygen atoms in total. The number of nitrogen functional groups attached to an aromatic ring is 1. The Morgan fingerprint density at radius 3 is 2.68 bits per heavy atom. The molecule has 28 heavy (non-hydrogen) atoms. The number of allylic oxidation sites excluding steroid dienone is 2. The van der Waals surface area contributed by atoms with Gasteiger partial charge in [0.15, 0.2) is 5.65 Å². The molecule has 0 bridgehead atoms. The van der Waals surface area contributed by atoms with Gasteiger partial charge in [0.05, 0.1) is 28.0 Å². The van der Waals surface area contributed by atoms with Crippen LogP contribution < -0.4 is 17.0 Å². The van der Waals surface area contributed by atoms with Crippen molar-refractivity contribution < 1.29 is 0 Å². The minimum atomic E-state index is -0.418. The molecule has 2 aromatic heterocycles. The molecule has 1 aliphatic carbocycles. The van der Waals surface area contributed by atoms with Crippen LogP contribution in [-0.4, -0.2) is 14.1 Å². The van der Waals surface area contributed by atoms with E-state index in [0.29, 0.717) is 26.6 Å². The van der Waals surface area contributed by atoms with E-state index in [1.807, 2.05) is 12.2 Å². The van der Waals surface area contributed by atoms with E-state index in [2.05, 4.69) is 4.98 Å². The molecule has 3 aromatic rings. The van der Waals surface area contributed by atoms with Gasteiger partial charge in [-0.15, -0.1) is 0 Å². The first-order valence-corrected chi connectivity index (χ1v) is 9.73. The van der Waals surface area contributed by atoms with Crippen molar-refractivity contribution in [1.82, 2.24) is 14.1 Å². The fraction of sp³-hybridized carbons (Fsp3) is 0.250. The summed E-state index contributed by atoms with van der Waals surface area (Å²) in [5.41, 5.74) is 6.04. The molecule has 144 valence electrons. The predicted octanol–water partition coefficient (Wildman–Crippen LogP) is 3.78. The number of aromatic nitrogens is 3. The molecule has 1 aliphatic rings. The molecule has 2 N–H and O–H groups in total. The zero-order chi connectivity index (χ0) is 19.8. The number of fused-ring (bicyclic) bond motifs is 1. The molecule has 1 atom stereocenters. The van der Waals surface area contributed by atoms with Crippen LogP contribution in [0.25, 0.3) is 11.0 Å². The Balaban J connectivity index is 1.96. The fourth-order valence-electron chi connectivity index (χ4n) is 3.53. The number of anilines is 1. The molecular weight excluding hydrogens is 399 g/mol. The van der Waals surface area contributed by atoms with Gasteiger partial charge >= 0.3 is 5.69 Å². The summed E-state index contributed by atoms with van der Waals surface area (Å²) >= 11 is 12.1. The van der Waals surface area contributed by atoms with Crippen LogP contribution >= 0.6 is 23.2 Å². The number of benzene rings is 1. The quantitative estimate of drug-likeness (QED) is 0.658. The van der Waals surface area contributed by atoms with Crippen molar-refractivity contribution in [2.75, 3.05) is 5.73 Å². The average Bonchev–Trinajstić information content (AvgIpc) is 2.68. The Morgan fingerprint density at radius 2 is 1.96 bits per heavy atom. The second kappa shape index (κ2) is 7.45. The molecule has 0 fully saturated rings. The van der Waals surface area contributed by atoms with Gasteiger partial charge in [0, 0.05) is 0 Å². The van der Waals surface area contributed by atoms with Crippen molar-refractivity contribution in [3.63, 3.8) is 0 Å². The first-order valence-electron chi connectivity index (χ1n) is 8.98. The van der Waals surface area contributed by atoms with Gasteiger partial charge in [-0.25, -0.2) is 9.78 Å². The van der Waals surface area contributed by atoms with Gasteiger partial charge in [-0.05, 0) is 49.1 Å². The van der Waals surface area contributed by atoms with Gasteiger partial charge in [0.25, 0.3) is 5.56 Å². The molecule has 1 aromatic carbocycles. The number of nitrogens with zero attached hydrogens (tertiary/aromatic N) is 3. The molecule has 0 saturated heterocycles. The first kappa shape index (κ1) is 18.8. The lowest BCUT2D eigenvalue weighted by Gasteiger charge is -2.22. The third kappa shape index (κ3) is 3.34. The summed E-state index contributed by atoms with van der Waals surface area (Å²) in [6.07, 6.45) is 6.77. The summed E-state index contributed by atoms with van der Waals surface area (Å²) in [6, 6.07) is 8.07.